The van der Waals surface area contributed by atoms with Gasteiger partial charge in [0, 0.05) is 23.1 Å². The quantitative estimate of drug-likeness (QED) is 0.295. The molecule has 0 amide bonds. The SMILES string of the molecule is N#Cc1c(N)nc2sc(C(=O)c3ccc([N+](=O)[O-])cc3)c(N)c2c1-c1ccco1. The predicted octanol–water partition coefficient (Wildman–Crippen LogP) is 3.73. The van der Waals surface area contributed by atoms with Crippen LogP contribution in [-0.4, -0.2) is 15.7 Å². The summed E-state index contributed by atoms with van der Waals surface area (Å²) < 4.78 is 5.44. The number of fused-ring (bicyclic) bond motifs is 1. The molecule has 0 bridgehead atoms. The second-order valence-electron chi connectivity index (χ2n) is 5.99. The molecular formula is C19H11N5O4S. The highest BCUT2D eigenvalue weighted by atomic mass is 32.1. The highest BCUT2D eigenvalue weighted by Crippen LogP contribution is 2.43. The van der Waals surface area contributed by atoms with Crippen molar-refractivity contribution in [2.45, 2.75) is 0 Å². The maximum atomic E-state index is 13.0. The number of nitriles is 1. The van der Waals surface area contributed by atoms with Crippen molar-refractivity contribution in [2.24, 2.45) is 0 Å². The fourth-order valence-corrected chi connectivity index (χ4v) is 4.06. The highest BCUT2D eigenvalue weighted by molar-refractivity contribution is 7.21. The van der Waals surface area contributed by atoms with E-state index in [1.54, 1.807) is 12.1 Å². The smallest absolute Gasteiger partial charge is 0.269 e. The Morgan fingerprint density at radius 2 is 1.97 bits per heavy atom. The molecule has 10 heteroatoms. The van der Waals surface area contributed by atoms with E-state index < -0.39 is 10.7 Å². The molecule has 142 valence electrons. The molecule has 0 atom stereocenters. The number of hydrogen-bond acceptors (Lipinski definition) is 9. The van der Waals surface area contributed by atoms with E-state index >= 15 is 0 Å². The van der Waals surface area contributed by atoms with Gasteiger partial charge >= 0.3 is 0 Å². The number of carbonyl (C=O) groups excluding carboxylic acids is 1. The zero-order valence-corrected chi connectivity index (χ0v) is 15.4. The number of nitrogens with zero attached hydrogens (tertiary/aromatic N) is 3. The number of pyridine rings is 1. The number of nitro benzene ring substituents is 1. The summed E-state index contributed by atoms with van der Waals surface area (Å²) in [5.74, 6) is -0.0376. The van der Waals surface area contributed by atoms with Crippen LogP contribution in [0.4, 0.5) is 17.2 Å². The van der Waals surface area contributed by atoms with E-state index in [-0.39, 0.29) is 33.2 Å². The molecule has 0 saturated carbocycles. The molecule has 3 heterocycles. The van der Waals surface area contributed by atoms with Crippen molar-refractivity contribution in [1.82, 2.24) is 4.98 Å². The maximum absolute atomic E-state index is 13.0. The van der Waals surface area contributed by atoms with Crippen molar-refractivity contribution in [3.63, 3.8) is 0 Å². The first-order valence-electron chi connectivity index (χ1n) is 8.17. The molecule has 0 aliphatic heterocycles. The second-order valence-corrected chi connectivity index (χ2v) is 6.99. The Kier molecular flexibility index (Phi) is 4.22. The van der Waals surface area contributed by atoms with Crippen LogP contribution in [0.25, 0.3) is 21.5 Å². The van der Waals surface area contributed by atoms with E-state index in [1.165, 1.54) is 30.5 Å². The number of non-ortho nitro benzene ring substituents is 1. The van der Waals surface area contributed by atoms with Gasteiger partial charge in [0.1, 0.15) is 32.9 Å². The predicted molar refractivity (Wildman–Crippen MR) is 107 cm³/mol. The first kappa shape index (κ1) is 18.1. The first-order valence-corrected chi connectivity index (χ1v) is 8.98. The number of aromatic nitrogens is 1. The number of furan rings is 1. The lowest BCUT2D eigenvalue weighted by atomic mass is 10.0. The molecule has 4 rings (SSSR count). The van der Waals surface area contributed by atoms with Crippen LogP contribution < -0.4 is 11.5 Å². The molecule has 3 aromatic heterocycles. The van der Waals surface area contributed by atoms with Crippen molar-refractivity contribution < 1.29 is 14.1 Å². The van der Waals surface area contributed by atoms with Crippen LogP contribution in [0.5, 0.6) is 0 Å². The van der Waals surface area contributed by atoms with Gasteiger partial charge in [-0.3, -0.25) is 14.9 Å². The van der Waals surface area contributed by atoms with Crippen LogP contribution in [0.3, 0.4) is 0 Å². The van der Waals surface area contributed by atoms with Crippen LogP contribution in [0.2, 0.25) is 0 Å². The molecule has 0 unspecified atom stereocenters. The van der Waals surface area contributed by atoms with E-state index in [1.807, 2.05) is 6.07 Å². The van der Waals surface area contributed by atoms with Gasteiger partial charge in [0.25, 0.3) is 5.69 Å². The summed E-state index contributed by atoms with van der Waals surface area (Å²) >= 11 is 1.03. The van der Waals surface area contributed by atoms with Crippen molar-refractivity contribution in [3.8, 4) is 17.4 Å². The van der Waals surface area contributed by atoms with Crippen molar-refractivity contribution in [2.75, 3.05) is 11.5 Å². The normalized spacial score (nSPS) is 10.7. The lowest BCUT2D eigenvalue weighted by Gasteiger charge is -2.06. The molecule has 29 heavy (non-hydrogen) atoms. The van der Waals surface area contributed by atoms with Gasteiger partial charge in [0.2, 0.25) is 5.78 Å². The zero-order valence-electron chi connectivity index (χ0n) is 14.6. The summed E-state index contributed by atoms with van der Waals surface area (Å²) in [4.78, 5) is 28.0. The maximum Gasteiger partial charge on any atom is 0.269 e. The number of nitrogen functional groups attached to an aromatic ring is 2. The minimum atomic E-state index is -0.548. The van der Waals surface area contributed by atoms with E-state index in [0.29, 0.717) is 21.5 Å². The van der Waals surface area contributed by atoms with Crippen LogP contribution in [0, 0.1) is 21.4 Å². The van der Waals surface area contributed by atoms with Crippen molar-refractivity contribution >= 4 is 44.5 Å². The van der Waals surface area contributed by atoms with E-state index in [0.717, 1.165) is 11.3 Å². The van der Waals surface area contributed by atoms with Gasteiger partial charge in [-0.15, -0.1) is 11.3 Å². The highest BCUT2D eigenvalue weighted by Gasteiger charge is 2.26. The molecule has 0 fully saturated rings. The third-order valence-corrected chi connectivity index (χ3v) is 5.43. The summed E-state index contributed by atoms with van der Waals surface area (Å²) in [7, 11) is 0. The summed E-state index contributed by atoms with van der Waals surface area (Å²) in [6, 6.07) is 10.5. The number of benzene rings is 1. The molecule has 0 spiro atoms. The lowest BCUT2D eigenvalue weighted by Crippen LogP contribution is -2.03. The first-order chi connectivity index (χ1) is 13.9. The van der Waals surface area contributed by atoms with E-state index in [2.05, 4.69) is 4.98 Å². The molecule has 9 nitrogen and oxygen atoms in total. The summed E-state index contributed by atoms with van der Waals surface area (Å²) in [6.07, 6.45) is 1.45. The Morgan fingerprint density at radius 3 is 2.55 bits per heavy atom. The Hall–Kier alpha value is -4.23. The van der Waals surface area contributed by atoms with Crippen LogP contribution >= 0.6 is 11.3 Å². The molecule has 4 N–H and O–H groups in total. The standard InChI is InChI=1S/C19H11N5O4S/c20-8-11-13(12-2-1-7-28-12)14-15(21)17(29-19(14)23-18(11)22)16(25)9-3-5-10(6-4-9)24(26)27/h1-7H,21H2,(H2,22,23). The van der Waals surface area contributed by atoms with Gasteiger partial charge in [0.05, 0.1) is 22.4 Å². The van der Waals surface area contributed by atoms with E-state index in [4.69, 9.17) is 15.9 Å². The number of rotatable bonds is 4. The Labute approximate surface area is 166 Å². The Balaban J connectivity index is 1.93. The fraction of sp³-hybridized carbons (Fsp3) is 0. The number of ketones is 1. The molecule has 0 aliphatic carbocycles. The zero-order chi connectivity index (χ0) is 20.7. The van der Waals surface area contributed by atoms with Gasteiger partial charge in [0.15, 0.2) is 0 Å². The van der Waals surface area contributed by atoms with Gasteiger partial charge in [-0.2, -0.15) is 5.26 Å². The summed E-state index contributed by atoms with van der Waals surface area (Å²) in [5.41, 5.74) is 13.0. The monoisotopic (exact) mass is 405 g/mol. The average Bonchev–Trinajstić information content (AvgIpc) is 3.35. The average molecular weight is 405 g/mol. The van der Waals surface area contributed by atoms with Crippen LogP contribution in [0.1, 0.15) is 20.8 Å². The summed E-state index contributed by atoms with van der Waals surface area (Å²) in [5, 5.41) is 20.8. The van der Waals surface area contributed by atoms with Gasteiger partial charge < -0.3 is 15.9 Å². The molecule has 0 saturated heterocycles. The van der Waals surface area contributed by atoms with Gasteiger partial charge in [-0.05, 0) is 24.3 Å². The second kappa shape index (κ2) is 6.74. The minimum absolute atomic E-state index is 0.00184. The molecule has 0 radical (unpaired) electrons. The van der Waals surface area contributed by atoms with Gasteiger partial charge in [-0.1, -0.05) is 0 Å². The molecule has 0 aliphatic rings. The van der Waals surface area contributed by atoms with Crippen molar-refractivity contribution in [3.05, 3.63) is 68.8 Å². The van der Waals surface area contributed by atoms with Crippen LogP contribution in [-0.2, 0) is 0 Å². The fourth-order valence-electron chi connectivity index (χ4n) is 2.98. The number of thiophene rings is 1. The Bertz CT molecular complexity index is 1320. The number of hydrogen-bond donors (Lipinski definition) is 2. The van der Waals surface area contributed by atoms with Gasteiger partial charge in [-0.25, -0.2) is 4.98 Å². The van der Waals surface area contributed by atoms with Crippen LogP contribution in [0.15, 0.2) is 47.1 Å². The molecular weight excluding hydrogens is 394 g/mol. The Morgan fingerprint density at radius 1 is 1.24 bits per heavy atom. The molecule has 1 aromatic carbocycles. The number of carbonyl (C=O) groups is 1. The number of nitrogens with two attached hydrogens (primary N) is 2. The minimum Gasteiger partial charge on any atom is -0.464 e. The third kappa shape index (κ3) is 2.86. The van der Waals surface area contributed by atoms with E-state index in [9.17, 15) is 20.2 Å². The lowest BCUT2D eigenvalue weighted by molar-refractivity contribution is -0.384. The summed E-state index contributed by atoms with van der Waals surface area (Å²) in [6.45, 7) is 0. The molecule has 4 aromatic rings. The topological polar surface area (TPSA) is 162 Å². The number of anilines is 2. The largest absolute Gasteiger partial charge is 0.464 e. The van der Waals surface area contributed by atoms with Crippen molar-refractivity contribution in [1.29, 1.82) is 5.26 Å². The number of nitro groups is 1. The third-order valence-electron chi connectivity index (χ3n) is 4.33.